The summed E-state index contributed by atoms with van der Waals surface area (Å²) in [4.78, 5) is 14.0. The lowest BCUT2D eigenvalue weighted by Crippen LogP contribution is -2.40. The summed E-state index contributed by atoms with van der Waals surface area (Å²) in [6.45, 7) is 4.50. The van der Waals surface area contributed by atoms with Crippen molar-refractivity contribution in [3.63, 3.8) is 0 Å². The molecule has 1 aromatic carbocycles. The molecular weight excluding hydrogens is 224 g/mol. The van der Waals surface area contributed by atoms with Crippen LogP contribution in [-0.2, 0) is 6.54 Å². The number of benzene rings is 1. The second kappa shape index (κ2) is 6.43. The molecule has 1 aliphatic rings. The van der Waals surface area contributed by atoms with Crippen molar-refractivity contribution in [2.24, 2.45) is 0 Å². The van der Waals surface area contributed by atoms with Gasteiger partial charge < -0.3 is 10.2 Å². The molecule has 0 saturated carbocycles. The van der Waals surface area contributed by atoms with Crippen LogP contribution in [0.15, 0.2) is 24.3 Å². The van der Waals surface area contributed by atoms with Gasteiger partial charge >= 0.3 is 6.03 Å². The third-order valence-electron chi connectivity index (χ3n) is 3.42. The van der Waals surface area contributed by atoms with E-state index in [2.05, 4.69) is 30.4 Å². The quantitative estimate of drug-likeness (QED) is 0.854. The lowest BCUT2D eigenvalue weighted by molar-refractivity contribution is 0.199. The molecule has 18 heavy (non-hydrogen) atoms. The number of carbonyl (C=O) groups is 1. The van der Waals surface area contributed by atoms with Gasteiger partial charge in [-0.15, -0.1) is 0 Å². The lowest BCUT2D eigenvalue weighted by atomic mass is 10.1. The molecule has 0 radical (unpaired) electrons. The van der Waals surface area contributed by atoms with E-state index in [1.54, 1.807) is 0 Å². The molecule has 1 aromatic rings. The van der Waals surface area contributed by atoms with E-state index in [9.17, 15) is 4.79 Å². The molecule has 1 fully saturated rings. The zero-order valence-electron chi connectivity index (χ0n) is 11.1. The molecule has 1 heterocycles. The highest BCUT2D eigenvalue weighted by atomic mass is 16.2. The van der Waals surface area contributed by atoms with Gasteiger partial charge in [0.25, 0.3) is 0 Å². The number of likely N-dealkylation sites (tertiary alicyclic amines) is 1. The summed E-state index contributed by atoms with van der Waals surface area (Å²) in [7, 11) is 0. The number of aryl methyl sites for hydroxylation is 1. The number of carbonyl (C=O) groups excluding carboxylic acids is 1. The summed E-state index contributed by atoms with van der Waals surface area (Å²) in [6, 6.07) is 8.35. The summed E-state index contributed by atoms with van der Waals surface area (Å²) in [5.74, 6) is 0. The monoisotopic (exact) mass is 246 g/mol. The predicted molar refractivity (Wildman–Crippen MR) is 73.5 cm³/mol. The average Bonchev–Trinajstić information content (AvgIpc) is 2.65. The first-order chi connectivity index (χ1) is 8.75. The topological polar surface area (TPSA) is 32.3 Å². The van der Waals surface area contributed by atoms with E-state index >= 15 is 0 Å². The van der Waals surface area contributed by atoms with Crippen LogP contribution in [0.5, 0.6) is 0 Å². The number of rotatable bonds is 2. The maximum absolute atomic E-state index is 12.0. The predicted octanol–water partition coefficient (Wildman–Crippen LogP) is 3.08. The molecular formula is C15H22N2O. The van der Waals surface area contributed by atoms with Gasteiger partial charge in [-0.1, -0.05) is 42.7 Å². The highest BCUT2D eigenvalue weighted by molar-refractivity contribution is 5.74. The Morgan fingerprint density at radius 1 is 1.22 bits per heavy atom. The Balaban J connectivity index is 1.83. The van der Waals surface area contributed by atoms with Crippen LogP contribution in [0.2, 0.25) is 0 Å². The van der Waals surface area contributed by atoms with E-state index in [0.29, 0.717) is 6.54 Å². The molecule has 1 aliphatic heterocycles. The molecule has 98 valence electrons. The van der Waals surface area contributed by atoms with Crippen molar-refractivity contribution < 1.29 is 4.79 Å². The van der Waals surface area contributed by atoms with Gasteiger partial charge in [0.2, 0.25) is 0 Å². The van der Waals surface area contributed by atoms with E-state index in [1.165, 1.54) is 18.4 Å². The van der Waals surface area contributed by atoms with Gasteiger partial charge in [-0.05, 0) is 25.3 Å². The van der Waals surface area contributed by atoms with Crippen molar-refractivity contribution in [3.05, 3.63) is 35.4 Å². The second-order valence-corrected chi connectivity index (χ2v) is 5.05. The van der Waals surface area contributed by atoms with Crippen molar-refractivity contribution in [2.75, 3.05) is 13.1 Å². The molecule has 2 rings (SSSR count). The van der Waals surface area contributed by atoms with Crippen molar-refractivity contribution >= 4 is 6.03 Å². The fourth-order valence-electron chi connectivity index (χ4n) is 2.39. The Labute approximate surface area is 109 Å². The Kier molecular flexibility index (Phi) is 4.62. The number of amides is 2. The zero-order chi connectivity index (χ0) is 12.8. The number of hydrogen-bond donors (Lipinski definition) is 1. The highest BCUT2D eigenvalue weighted by Gasteiger charge is 2.14. The molecule has 0 bridgehead atoms. The van der Waals surface area contributed by atoms with Crippen molar-refractivity contribution in [1.29, 1.82) is 0 Å². The van der Waals surface area contributed by atoms with E-state index in [1.807, 2.05) is 11.0 Å². The summed E-state index contributed by atoms with van der Waals surface area (Å²) >= 11 is 0. The zero-order valence-corrected chi connectivity index (χ0v) is 11.1. The minimum atomic E-state index is 0.0819. The average molecular weight is 246 g/mol. The maximum Gasteiger partial charge on any atom is 0.317 e. The molecule has 0 aliphatic carbocycles. The van der Waals surface area contributed by atoms with Crippen LogP contribution in [0.3, 0.4) is 0 Å². The third kappa shape index (κ3) is 3.76. The summed E-state index contributed by atoms with van der Waals surface area (Å²) in [5.41, 5.74) is 2.40. The molecule has 1 N–H and O–H groups in total. The van der Waals surface area contributed by atoms with Crippen molar-refractivity contribution in [3.8, 4) is 0 Å². The number of urea groups is 1. The lowest BCUT2D eigenvalue weighted by Gasteiger charge is -2.20. The van der Waals surface area contributed by atoms with Gasteiger partial charge in [-0.2, -0.15) is 0 Å². The molecule has 1 saturated heterocycles. The minimum Gasteiger partial charge on any atom is -0.334 e. The van der Waals surface area contributed by atoms with E-state index in [0.717, 1.165) is 31.5 Å². The first-order valence-corrected chi connectivity index (χ1v) is 6.84. The van der Waals surface area contributed by atoms with Crippen molar-refractivity contribution in [2.45, 2.75) is 39.2 Å². The summed E-state index contributed by atoms with van der Waals surface area (Å²) in [5, 5.41) is 3.01. The molecule has 3 nitrogen and oxygen atoms in total. The second-order valence-electron chi connectivity index (χ2n) is 5.05. The van der Waals surface area contributed by atoms with Crippen LogP contribution in [0.1, 0.15) is 36.8 Å². The van der Waals surface area contributed by atoms with Crippen LogP contribution < -0.4 is 5.32 Å². The van der Waals surface area contributed by atoms with Crippen LogP contribution in [-0.4, -0.2) is 24.0 Å². The van der Waals surface area contributed by atoms with E-state index in [4.69, 9.17) is 0 Å². The van der Waals surface area contributed by atoms with Gasteiger partial charge in [-0.3, -0.25) is 0 Å². The van der Waals surface area contributed by atoms with Crippen LogP contribution in [0.4, 0.5) is 4.79 Å². The normalized spacial score (nSPS) is 16.2. The maximum atomic E-state index is 12.0. The van der Waals surface area contributed by atoms with Crippen LogP contribution >= 0.6 is 0 Å². The Bertz CT molecular complexity index is 395. The minimum absolute atomic E-state index is 0.0819. The first-order valence-electron chi connectivity index (χ1n) is 6.84. The molecule has 2 amide bonds. The van der Waals surface area contributed by atoms with Gasteiger partial charge in [0.1, 0.15) is 0 Å². The molecule has 0 aromatic heterocycles. The van der Waals surface area contributed by atoms with Gasteiger partial charge in [0.15, 0.2) is 0 Å². The Hall–Kier alpha value is -1.51. The standard InChI is InChI=1S/C15H22N2O/c1-13-7-6-8-14(11-13)12-16-15(18)17-9-4-2-3-5-10-17/h6-8,11H,2-5,9-10,12H2,1H3,(H,16,18). The molecule has 3 heteroatoms. The van der Waals surface area contributed by atoms with Crippen LogP contribution in [0.25, 0.3) is 0 Å². The third-order valence-corrected chi connectivity index (χ3v) is 3.42. The largest absolute Gasteiger partial charge is 0.334 e. The first kappa shape index (κ1) is 12.9. The van der Waals surface area contributed by atoms with Gasteiger partial charge in [0.05, 0.1) is 0 Å². The summed E-state index contributed by atoms with van der Waals surface area (Å²) < 4.78 is 0. The molecule has 0 unspecified atom stereocenters. The smallest absolute Gasteiger partial charge is 0.317 e. The number of nitrogens with zero attached hydrogens (tertiary/aromatic N) is 1. The SMILES string of the molecule is Cc1cccc(CNC(=O)N2CCCCCC2)c1. The highest BCUT2D eigenvalue weighted by Crippen LogP contribution is 2.10. The number of hydrogen-bond acceptors (Lipinski definition) is 1. The Morgan fingerprint density at radius 3 is 2.61 bits per heavy atom. The Morgan fingerprint density at radius 2 is 1.94 bits per heavy atom. The fourth-order valence-corrected chi connectivity index (χ4v) is 2.39. The van der Waals surface area contributed by atoms with Gasteiger partial charge in [0, 0.05) is 19.6 Å². The number of nitrogens with one attached hydrogen (secondary N) is 1. The molecule has 0 spiro atoms. The molecule has 0 atom stereocenters. The fraction of sp³-hybridized carbons (Fsp3) is 0.533. The summed E-state index contributed by atoms with van der Waals surface area (Å²) in [6.07, 6.45) is 4.78. The van der Waals surface area contributed by atoms with E-state index < -0.39 is 0 Å². The van der Waals surface area contributed by atoms with E-state index in [-0.39, 0.29) is 6.03 Å². The van der Waals surface area contributed by atoms with Crippen LogP contribution in [0, 0.1) is 6.92 Å². The van der Waals surface area contributed by atoms with Crippen molar-refractivity contribution in [1.82, 2.24) is 10.2 Å². The van der Waals surface area contributed by atoms with Gasteiger partial charge in [-0.25, -0.2) is 4.79 Å².